The molecule has 0 aliphatic carbocycles. The van der Waals surface area contributed by atoms with Gasteiger partial charge in [0.1, 0.15) is 0 Å². The van der Waals surface area contributed by atoms with Crippen molar-refractivity contribution in [2.75, 3.05) is 18.8 Å². The highest BCUT2D eigenvalue weighted by Crippen LogP contribution is 2.32. The van der Waals surface area contributed by atoms with Crippen molar-refractivity contribution in [3.05, 3.63) is 29.8 Å². The molecular weight excluding hydrogens is 349 g/mol. The second-order valence-corrected chi connectivity index (χ2v) is 6.34. The van der Waals surface area contributed by atoms with Crippen LogP contribution < -0.4 is 5.73 Å². The fourth-order valence-electron chi connectivity index (χ4n) is 2.56. The standard InChI is InChI=1S/C15H19F3N2OS.ClH/c16-15(17,18)11-4-3-6-13(8-11)22-10-14(21)20-7-2-1-5-12(20)9-19;/h3-4,6,8,12H,1-2,5,7,9-10,19H2;1H. The highest BCUT2D eigenvalue weighted by molar-refractivity contribution is 8.00. The molecule has 3 nitrogen and oxygen atoms in total. The molecule has 0 aromatic heterocycles. The van der Waals surface area contributed by atoms with Gasteiger partial charge in [-0.05, 0) is 37.5 Å². The van der Waals surface area contributed by atoms with Crippen LogP contribution in [0.3, 0.4) is 0 Å². The van der Waals surface area contributed by atoms with Gasteiger partial charge in [0.2, 0.25) is 5.91 Å². The van der Waals surface area contributed by atoms with Gasteiger partial charge in [-0.1, -0.05) is 6.07 Å². The number of carbonyl (C=O) groups is 1. The summed E-state index contributed by atoms with van der Waals surface area (Å²) < 4.78 is 38.0. The van der Waals surface area contributed by atoms with Gasteiger partial charge >= 0.3 is 6.18 Å². The number of alkyl halides is 3. The van der Waals surface area contributed by atoms with Gasteiger partial charge in [-0.2, -0.15) is 13.2 Å². The van der Waals surface area contributed by atoms with E-state index >= 15 is 0 Å². The van der Waals surface area contributed by atoms with E-state index in [4.69, 9.17) is 5.73 Å². The van der Waals surface area contributed by atoms with Crippen LogP contribution in [0.4, 0.5) is 13.2 Å². The van der Waals surface area contributed by atoms with E-state index in [-0.39, 0.29) is 30.1 Å². The molecule has 1 aromatic carbocycles. The van der Waals surface area contributed by atoms with Gasteiger partial charge in [-0.25, -0.2) is 0 Å². The second-order valence-electron chi connectivity index (χ2n) is 5.29. The molecule has 0 spiro atoms. The number of thioether (sulfide) groups is 1. The molecule has 1 aliphatic rings. The summed E-state index contributed by atoms with van der Waals surface area (Å²) in [5, 5.41) is 0. The van der Waals surface area contributed by atoms with Crippen LogP contribution in [0, 0.1) is 0 Å². The third-order valence-electron chi connectivity index (χ3n) is 3.74. The quantitative estimate of drug-likeness (QED) is 0.826. The van der Waals surface area contributed by atoms with Gasteiger partial charge in [0, 0.05) is 24.0 Å². The summed E-state index contributed by atoms with van der Waals surface area (Å²) in [7, 11) is 0. The van der Waals surface area contributed by atoms with Crippen LogP contribution in [0.1, 0.15) is 24.8 Å². The zero-order valence-electron chi connectivity index (χ0n) is 12.5. The molecule has 1 aliphatic heterocycles. The number of amides is 1. The Hall–Kier alpha value is -0.920. The maximum Gasteiger partial charge on any atom is 0.416 e. The highest BCUT2D eigenvalue weighted by atomic mass is 35.5. The first-order valence-electron chi connectivity index (χ1n) is 7.21. The first-order chi connectivity index (χ1) is 10.4. The molecule has 23 heavy (non-hydrogen) atoms. The average molecular weight is 369 g/mol. The molecule has 8 heteroatoms. The number of benzene rings is 1. The number of nitrogens with zero attached hydrogens (tertiary/aromatic N) is 1. The molecule has 1 fully saturated rings. The molecule has 1 atom stereocenters. The minimum absolute atomic E-state index is 0. The fraction of sp³-hybridized carbons (Fsp3) is 0.533. The minimum Gasteiger partial charge on any atom is -0.338 e. The molecule has 0 radical (unpaired) electrons. The summed E-state index contributed by atoms with van der Waals surface area (Å²) in [5.74, 6) is 0.0789. The summed E-state index contributed by atoms with van der Waals surface area (Å²) in [4.78, 5) is 14.5. The zero-order valence-corrected chi connectivity index (χ0v) is 14.1. The normalized spacial score (nSPS) is 18.4. The number of likely N-dealkylation sites (tertiary alicyclic amines) is 1. The van der Waals surface area contributed by atoms with Crippen LogP contribution >= 0.6 is 24.2 Å². The summed E-state index contributed by atoms with van der Waals surface area (Å²) >= 11 is 1.13. The van der Waals surface area contributed by atoms with Crippen molar-refractivity contribution in [1.29, 1.82) is 0 Å². The van der Waals surface area contributed by atoms with Crippen molar-refractivity contribution < 1.29 is 18.0 Å². The van der Waals surface area contributed by atoms with Gasteiger partial charge in [0.25, 0.3) is 0 Å². The van der Waals surface area contributed by atoms with Crippen molar-refractivity contribution in [3.63, 3.8) is 0 Å². The third kappa shape index (κ3) is 5.58. The second kappa shape index (κ2) is 8.80. The maximum atomic E-state index is 12.7. The van der Waals surface area contributed by atoms with Crippen LogP contribution in [-0.4, -0.2) is 35.7 Å². The Morgan fingerprint density at radius 2 is 2.09 bits per heavy atom. The highest BCUT2D eigenvalue weighted by Gasteiger charge is 2.30. The lowest BCUT2D eigenvalue weighted by atomic mass is 10.0. The molecule has 1 unspecified atom stereocenters. The SMILES string of the molecule is Cl.NCC1CCCCN1C(=O)CSc1cccc(C(F)(F)F)c1. The molecule has 1 saturated heterocycles. The van der Waals surface area contributed by atoms with Gasteiger partial charge in [-0.15, -0.1) is 24.2 Å². The molecular formula is C15H20ClF3N2OS. The Balaban J connectivity index is 0.00000264. The van der Waals surface area contributed by atoms with E-state index < -0.39 is 11.7 Å². The first kappa shape index (κ1) is 20.1. The van der Waals surface area contributed by atoms with Crippen molar-refractivity contribution in [2.45, 2.75) is 36.4 Å². The number of halogens is 4. The van der Waals surface area contributed by atoms with Crippen LogP contribution in [0.2, 0.25) is 0 Å². The molecule has 1 amide bonds. The molecule has 130 valence electrons. The zero-order chi connectivity index (χ0) is 16.2. The Labute approximate surface area is 144 Å². The van der Waals surface area contributed by atoms with Crippen LogP contribution in [0.5, 0.6) is 0 Å². The molecule has 2 N–H and O–H groups in total. The monoisotopic (exact) mass is 368 g/mol. The number of hydrogen-bond donors (Lipinski definition) is 1. The van der Waals surface area contributed by atoms with E-state index in [0.29, 0.717) is 18.0 Å². The smallest absolute Gasteiger partial charge is 0.338 e. The Morgan fingerprint density at radius 3 is 2.74 bits per heavy atom. The summed E-state index contributed by atoms with van der Waals surface area (Å²) in [5.41, 5.74) is 4.99. The molecule has 2 rings (SSSR count). The molecule has 1 heterocycles. The number of nitrogens with two attached hydrogens (primary N) is 1. The van der Waals surface area contributed by atoms with Gasteiger partial charge in [0.15, 0.2) is 0 Å². The van der Waals surface area contributed by atoms with Crippen molar-refractivity contribution in [1.82, 2.24) is 4.90 Å². The van der Waals surface area contributed by atoms with E-state index in [2.05, 4.69) is 0 Å². The van der Waals surface area contributed by atoms with E-state index in [0.717, 1.165) is 43.2 Å². The van der Waals surface area contributed by atoms with Crippen molar-refractivity contribution in [2.24, 2.45) is 5.73 Å². The van der Waals surface area contributed by atoms with Gasteiger partial charge in [0.05, 0.1) is 11.3 Å². The average Bonchev–Trinajstić information content (AvgIpc) is 2.52. The Bertz CT molecular complexity index is 528. The Morgan fingerprint density at radius 1 is 1.35 bits per heavy atom. The van der Waals surface area contributed by atoms with E-state index in [1.54, 1.807) is 11.0 Å². The van der Waals surface area contributed by atoms with Gasteiger partial charge in [-0.3, -0.25) is 4.79 Å². The molecule has 1 aromatic rings. The summed E-state index contributed by atoms with van der Waals surface area (Å²) in [6, 6.07) is 5.11. The fourth-order valence-corrected chi connectivity index (χ4v) is 3.41. The van der Waals surface area contributed by atoms with E-state index in [9.17, 15) is 18.0 Å². The van der Waals surface area contributed by atoms with Gasteiger partial charge < -0.3 is 10.6 Å². The lowest BCUT2D eigenvalue weighted by molar-refractivity contribution is -0.137. The number of carbonyl (C=O) groups excluding carboxylic acids is 1. The minimum atomic E-state index is -4.36. The number of hydrogen-bond acceptors (Lipinski definition) is 3. The van der Waals surface area contributed by atoms with Crippen LogP contribution in [-0.2, 0) is 11.0 Å². The van der Waals surface area contributed by atoms with Crippen LogP contribution in [0.15, 0.2) is 29.2 Å². The lowest BCUT2D eigenvalue weighted by Gasteiger charge is -2.35. The number of piperidine rings is 1. The molecule has 0 saturated carbocycles. The topological polar surface area (TPSA) is 46.3 Å². The molecule has 0 bridgehead atoms. The van der Waals surface area contributed by atoms with E-state index in [1.165, 1.54) is 6.07 Å². The lowest BCUT2D eigenvalue weighted by Crippen LogP contribution is -2.48. The van der Waals surface area contributed by atoms with Crippen molar-refractivity contribution >= 4 is 30.1 Å². The van der Waals surface area contributed by atoms with Crippen LogP contribution in [0.25, 0.3) is 0 Å². The Kier molecular flexibility index (Phi) is 7.70. The predicted molar refractivity (Wildman–Crippen MR) is 87.8 cm³/mol. The van der Waals surface area contributed by atoms with Crippen molar-refractivity contribution in [3.8, 4) is 0 Å². The number of rotatable bonds is 4. The van der Waals surface area contributed by atoms with E-state index in [1.807, 2.05) is 0 Å². The third-order valence-corrected chi connectivity index (χ3v) is 4.72. The maximum absolute atomic E-state index is 12.7. The summed E-state index contributed by atoms with van der Waals surface area (Å²) in [6.07, 6.45) is -1.45. The largest absolute Gasteiger partial charge is 0.416 e. The first-order valence-corrected chi connectivity index (χ1v) is 8.20. The summed E-state index contributed by atoms with van der Waals surface area (Å²) in [6.45, 7) is 1.11. The predicted octanol–water partition coefficient (Wildman–Crippen LogP) is 3.56.